The van der Waals surface area contributed by atoms with E-state index in [4.69, 9.17) is 0 Å². The minimum absolute atomic E-state index is 0.0825. The number of para-hydroxylation sites is 1. The van der Waals surface area contributed by atoms with Crippen LogP contribution in [0.25, 0.3) is 0 Å². The molecule has 8 nitrogen and oxygen atoms in total. The van der Waals surface area contributed by atoms with Crippen LogP contribution in [0.4, 0.5) is 5.69 Å². The van der Waals surface area contributed by atoms with Crippen LogP contribution in [-0.2, 0) is 26.6 Å². The summed E-state index contributed by atoms with van der Waals surface area (Å²) in [7, 11) is -5.79. The Labute approximate surface area is 152 Å². The molecule has 0 radical (unpaired) electrons. The van der Waals surface area contributed by atoms with Crippen molar-refractivity contribution in [3.05, 3.63) is 59.7 Å². The third-order valence-electron chi connectivity index (χ3n) is 3.40. The van der Waals surface area contributed by atoms with Crippen LogP contribution >= 0.6 is 0 Å². The Morgan fingerprint density at radius 3 is 2.35 bits per heavy atom. The Bertz CT molecular complexity index is 1020. The first kappa shape index (κ1) is 19.9. The number of sulfonamides is 2. The molecule has 0 unspecified atom stereocenters. The van der Waals surface area contributed by atoms with Crippen LogP contribution in [0.2, 0.25) is 0 Å². The van der Waals surface area contributed by atoms with Crippen LogP contribution in [-0.4, -0.2) is 36.0 Å². The van der Waals surface area contributed by atoms with Gasteiger partial charge in [-0.2, -0.15) is 0 Å². The molecule has 0 aliphatic carbocycles. The largest absolute Gasteiger partial charge is 0.348 e. The number of hydrogen-bond acceptors (Lipinski definition) is 5. The van der Waals surface area contributed by atoms with Crippen LogP contribution in [0, 0.1) is 0 Å². The first-order valence-corrected chi connectivity index (χ1v) is 10.9. The van der Waals surface area contributed by atoms with Gasteiger partial charge < -0.3 is 5.32 Å². The SMILES string of the molecule is CNS(=O)(=O)c1cccc(CNC(=O)c2ccccc2NS(C)(=O)=O)c1. The zero-order chi connectivity index (χ0) is 19.4. The predicted octanol–water partition coefficient (Wildman–Crippen LogP) is 0.896. The van der Waals surface area contributed by atoms with Gasteiger partial charge in [-0.25, -0.2) is 21.6 Å². The fourth-order valence-electron chi connectivity index (χ4n) is 2.19. The van der Waals surface area contributed by atoms with E-state index in [0.717, 1.165) is 6.26 Å². The highest BCUT2D eigenvalue weighted by Crippen LogP contribution is 2.17. The van der Waals surface area contributed by atoms with Crippen molar-refractivity contribution in [2.75, 3.05) is 18.0 Å². The third-order valence-corrected chi connectivity index (χ3v) is 5.40. The highest BCUT2D eigenvalue weighted by molar-refractivity contribution is 7.92. The number of anilines is 1. The molecular formula is C16H19N3O5S2. The van der Waals surface area contributed by atoms with Crippen molar-refractivity contribution in [2.45, 2.75) is 11.4 Å². The van der Waals surface area contributed by atoms with Gasteiger partial charge in [0.1, 0.15) is 0 Å². The van der Waals surface area contributed by atoms with Crippen molar-refractivity contribution < 1.29 is 21.6 Å². The van der Waals surface area contributed by atoms with Gasteiger partial charge in [0, 0.05) is 6.54 Å². The van der Waals surface area contributed by atoms with Crippen LogP contribution in [0.3, 0.4) is 0 Å². The zero-order valence-corrected chi connectivity index (χ0v) is 15.8. The molecule has 2 rings (SSSR count). The van der Waals surface area contributed by atoms with Gasteiger partial charge in [-0.1, -0.05) is 24.3 Å². The van der Waals surface area contributed by atoms with Crippen LogP contribution in [0.15, 0.2) is 53.4 Å². The number of nitrogens with one attached hydrogen (secondary N) is 3. The van der Waals surface area contributed by atoms with Crippen molar-refractivity contribution in [3.8, 4) is 0 Å². The Kier molecular flexibility index (Phi) is 6.01. The van der Waals surface area contributed by atoms with E-state index >= 15 is 0 Å². The molecule has 0 saturated heterocycles. The predicted molar refractivity (Wildman–Crippen MR) is 98.8 cm³/mol. The molecule has 140 valence electrons. The summed E-state index contributed by atoms with van der Waals surface area (Å²) in [6.45, 7) is 0.0825. The molecule has 0 fully saturated rings. The minimum Gasteiger partial charge on any atom is -0.348 e. The standard InChI is InChI=1S/C16H19N3O5S2/c1-17-26(23,24)13-7-5-6-12(10-13)11-18-16(20)14-8-3-4-9-15(14)19-25(2,21)22/h3-10,17,19H,11H2,1-2H3,(H,18,20). The maximum absolute atomic E-state index is 12.4. The molecule has 0 aromatic heterocycles. The maximum Gasteiger partial charge on any atom is 0.253 e. The second-order valence-corrected chi connectivity index (χ2v) is 9.09. The van der Waals surface area contributed by atoms with Crippen molar-refractivity contribution in [1.29, 1.82) is 0 Å². The topological polar surface area (TPSA) is 121 Å². The van der Waals surface area contributed by atoms with Crippen molar-refractivity contribution in [3.63, 3.8) is 0 Å². The molecule has 2 aromatic rings. The first-order valence-electron chi connectivity index (χ1n) is 7.50. The number of hydrogen-bond donors (Lipinski definition) is 3. The molecule has 1 amide bonds. The molecule has 26 heavy (non-hydrogen) atoms. The smallest absolute Gasteiger partial charge is 0.253 e. The summed E-state index contributed by atoms with van der Waals surface area (Å²) in [5, 5.41) is 2.65. The molecule has 10 heteroatoms. The van der Waals surface area contributed by atoms with Gasteiger partial charge >= 0.3 is 0 Å². The average Bonchev–Trinajstić information content (AvgIpc) is 2.59. The summed E-state index contributed by atoms with van der Waals surface area (Å²) in [6, 6.07) is 12.3. The highest BCUT2D eigenvalue weighted by atomic mass is 32.2. The number of rotatable bonds is 7. The van der Waals surface area contributed by atoms with E-state index in [9.17, 15) is 21.6 Å². The third kappa shape index (κ3) is 5.28. The van der Waals surface area contributed by atoms with Gasteiger partial charge in [0.2, 0.25) is 20.0 Å². The summed E-state index contributed by atoms with van der Waals surface area (Å²) in [6.07, 6.45) is 0.995. The number of carbonyl (C=O) groups is 1. The molecule has 0 aliphatic heterocycles. The molecule has 3 N–H and O–H groups in total. The van der Waals surface area contributed by atoms with Crippen LogP contribution in [0.1, 0.15) is 15.9 Å². The summed E-state index contributed by atoms with van der Waals surface area (Å²) in [5.74, 6) is -0.487. The molecule has 2 aromatic carbocycles. The van der Waals surface area contributed by atoms with Gasteiger partial charge in [-0.15, -0.1) is 0 Å². The maximum atomic E-state index is 12.4. The van der Waals surface area contributed by atoms with Gasteiger partial charge in [-0.05, 0) is 36.9 Å². The Balaban J connectivity index is 2.17. The van der Waals surface area contributed by atoms with E-state index in [-0.39, 0.29) is 22.7 Å². The molecule has 0 aliphatic rings. The number of benzene rings is 2. The lowest BCUT2D eigenvalue weighted by Gasteiger charge is -2.11. The highest BCUT2D eigenvalue weighted by Gasteiger charge is 2.15. The van der Waals surface area contributed by atoms with E-state index in [0.29, 0.717) is 5.56 Å². The van der Waals surface area contributed by atoms with Crippen molar-refractivity contribution in [1.82, 2.24) is 10.0 Å². The lowest BCUT2D eigenvalue weighted by Crippen LogP contribution is -2.25. The second kappa shape index (κ2) is 7.85. The van der Waals surface area contributed by atoms with E-state index in [1.54, 1.807) is 24.3 Å². The zero-order valence-electron chi connectivity index (χ0n) is 14.2. The van der Waals surface area contributed by atoms with Crippen molar-refractivity contribution >= 4 is 31.6 Å². The second-order valence-electron chi connectivity index (χ2n) is 5.46. The van der Waals surface area contributed by atoms with E-state index in [1.807, 2.05) is 0 Å². The van der Waals surface area contributed by atoms with Gasteiger partial charge in [0.05, 0.1) is 22.4 Å². The van der Waals surface area contributed by atoms with Gasteiger partial charge in [0.15, 0.2) is 0 Å². The lowest BCUT2D eigenvalue weighted by atomic mass is 10.1. The number of carbonyl (C=O) groups excluding carboxylic acids is 1. The summed E-state index contributed by atoms with van der Waals surface area (Å²) >= 11 is 0. The quantitative estimate of drug-likeness (QED) is 0.641. The summed E-state index contributed by atoms with van der Waals surface area (Å²) in [5.41, 5.74) is 0.916. The van der Waals surface area contributed by atoms with Crippen molar-refractivity contribution in [2.24, 2.45) is 0 Å². The molecular weight excluding hydrogens is 378 g/mol. The van der Waals surface area contributed by atoms with E-state index in [1.165, 1.54) is 31.3 Å². The Morgan fingerprint density at radius 1 is 1.00 bits per heavy atom. The first-order chi connectivity index (χ1) is 12.1. The minimum atomic E-state index is -3.58. The number of amides is 1. The lowest BCUT2D eigenvalue weighted by molar-refractivity contribution is 0.0952. The molecule has 0 atom stereocenters. The molecule has 0 bridgehead atoms. The molecule has 0 saturated carbocycles. The molecule has 0 spiro atoms. The van der Waals surface area contributed by atoms with Gasteiger partial charge in [0.25, 0.3) is 5.91 Å². The van der Waals surface area contributed by atoms with Gasteiger partial charge in [-0.3, -0.25) is 9.52 Å². The summed E-state index contributed by atoms with van der Waals surface area (Å²) < 4.78 is 51.0. The average molecular weight is 397 g/mol. The Morgan fingerprint density at radius 2 is 1.69 bits per heavy atom. The van der Waals surface area contributed by atoms with Crippen LogP contribution < -0.4 is 14.8 Å². The van der Waals surface area contributed by atoms with Crippen LogP contribution in [0.5, 0.6) is 0 Å². The van der Waals surface area contributed by atoms with E-state index in [2.05, 4.69) is 14.8 Å². The normalized spacial score (nSPS) is 11.8. The van der Waals surface area contributed by atoms with E-state index < -0.39 is 26.0 Å². The fourth-order valence-corrected chi connectivity index (χ4v) is 3.57. The Hall–Kier alpha value is -2.43. The monoisotopic (exact) mass is 397 g/mol. The molecule has 0 heterocycles. The fraction of sp³-hybridized carbons (Fsp3) is 0.188. The summed E-state index contributed by atoms with van der Waals surface area (Å²) in [4.78, 5) is 12.5.